The molecule has 134 valence electrons. The van der Waals surface area contributed by atoms with Gasteiger partial charge in [0, 0.05) is 19.0 Å². The first-order chi connectivity index (χ1) is 12.2. The van der Waals surface area contributed by atoms with E-state index in [1.807, 2.05) is 31.3 Å². The van der Waals surface area contributed by atoms with E-state index >= 15 is 0 Å². The summed E-state index contributed by atoms with van der Waals surface area (Å²) in [6, 6.07) is 7.97. The van der Waals surface area contributed by atoms with Crippen molar-refractivity contribution in [1.82, 2.24) is 20.0 Å². The predicted molar refractivity (Wildman–Crippen MR) is 99.7 cm³/mol. The van der Waals surface area contributed by atoms with Gasteiger partial charge in [-0.3, -0.25) is 9.48 Å². The fraction of sp³-hybridized carbons (Fsp3) is 0.600. The standard InChI is InChI=1S/C20H28N4O/c1-23-17-10-4-3-9-16(17)18(22-23)19(25)21-20(11-5-2-6-12-20)15-24-13-7-8-14-24/h3-4,9-10H,2,5-8,11-15H2,1H3,(H,21,25). The molecule has 0 unspecified atom stereocenters. The van der Waals surface area contributed by atoms with Crippen LogP contribution in [0, 0.1) is 0 Å². The fourth-order valence-electron chi connectivity index (χ4n) is 4.60. The van der Waals surface area contributed by atoms with E-state index in [-0.39, 0.29) is 11.4 Å². The molecule has 2 heterocycles. The van der Waals surface area contributed by atoms with Crippen LogP contribution in [-0.4, -0.2) is 45.8 Å². The number of carbonyl (C=O) groups excluding carboxylic acids is 1. The molecule has 1 N–H and O–H groups in total. The maximum atomic E-state index is 13.1. The Morgan fingerprint density at radius 3 is 2.60 bits per heavy atom. The molecule has 1 aliphatic carbocycles. The number of nitrogens with zero attached hydrogens (tertiary/aromatic N) is 3. The molecule has 4 rings (SSSR count). The number of amides is 1. The largest absolute Gasteiger partial charge is 0.344 e. The van der Waals surface area contributed by atoms with E-state index in [0.29, 0.717) is 5.69 Å². The van der Waals surface area contributed by atoms with Gasteiger partial charge in [0.05, 0.1) is 11.1 Å². The molecule has 0 spiro atoms. The average molecular weight is 340 g/mol. The summed E-state index contributed by atoms with van der Waals surface area (Å²) in [5, 5.41) is 8.87. The van der Waals surface area contributed by atoms with Crippen LogP contribution in [0.3, 0.4) is 0 Å². The zero-order valence-corrected chi connectivity index (χ0v) is 15.1. The van der Waals surface area contributed by atoms with E-state index in [2.05, 4.69) is 15.3 Å². The van der Waals surface area contributed by atoms with Gasteiger partial charge in [-0.15, -0.1) is 0 Å². The predicted octanol–water partition coefficient (Wildman–Crippen LogP) is 3.10. The Kier molecular flexibility index (Phi) is 4.50. The zero-order chi connectivity index (χ0) is 17.3. The fourth-order valence-corrected chi connectivity index (χ4v) is 4.60. The van der Waals surface area contributed by atoms with Crippen LogP contribution in [-0.2, 0) is 7.05 Å². The summed E-state index contributed by atoms with van der Waals surface area (Å²) in [4.78, 5) is 15.6. The summed E-state index contributed by atoms with van der Waals surface area (Å²) in [5.74, 6) is -0.0158. The summed E-state index contributed by atoms with van der Waals surface area (Å²) in [6.07, 6.45) is 8.43. The molecule has 1 saturated carbocycles. The lowest BCUT2D eigenvalue weighted by molar-refractivity contribution is 0.0818. The molecule has 25 heavy (non-hydrogen) atoms. The van der Waals surface area contributed by atoms with Crippen molar-refractivity contribution in [3.63, 3.8) is 0 Å². The molecule has 0 atom stereocenters. The van der Waals surface area contributed by atoms with E-state index in [9.17, 15) is 4.79 Å². The molecular formula is C20H28N4O. The van der Waals surface area contributed by atoms with Gasteiger partial charge in [-0.2, -0.15) is 5.10 Å². The number of nitrogens with one attached hydrogen (secondary N) is 1. The summed E-state index contributed by atoms with van der Waals surface area (Å²) >= 11 is 0. The molecule has 5 heteroatoms. The summed E-state index contributed by atoms with van der Waals surface area (Å²) < 4.78 is 1.80. The lowest BCUT2D eigenvalue weighted by Crippen LogP contribution is -2.56. The Labute approximate surface area is 149 Å². The Morgan fingerprint density at radius 1 is 1.12 bits per heavy atom. The van der Waals surface area contributed by atoms with Crippen LogP contribution in [0.15, 0.2) is 24.3 Å². The molecule has 2 aliphatic rings. The van der Waals surface area contributed by atoms with E-state index in [1.54, 1.807) is 4.68 Å². The van der Waals surface area contributed by atoms with Gasteiger partial charge >= 0.3 is 0 Å². The lowest BCUT2D eigenvalue weighted by Gasteiger charge is -2.40. The first kappa shape index (κ1) is 16.6. The number of hydrogen-bond donors (Lipinski definition) is 1. The summed E-state index contributed by atoms with van der Waals surface area (Å²) in [6.45, 7) is 3.33. The number of hydrogen-bond acceptors (Lipinski definition) is 3. The first-order valence-corrected chi connectivity index (χ1v) is 9.64. The molecule has 0 radical (unpaired) electrons. The van der Waals surface area contributed by atoms with Crippen molar-refractivity contribution < 1.29 is 4.79 Å². The molecule has 2 aromatic rings. The summed E-state index contributed by atoms with van der Waals surface area (Å²) in [7, 11) is 1.90. The Bertz CT molecular complexity index is 754. The van der Waals surface area contributed by atoms with Gasteiger partial charge in [-0.05, 0) is 44.8 Å². The van der Waals surface area contributed by atoms with E-state index in [0.717, 1.165) is 30.3 Å². The third kappa shape index (κ3) is 3.30. The van der Waals surface area contributed by atoms with Crippen LogP contribution in [0.1, 0.15) is 55.4 Å². The number of likely N-dealkylation sites (tertiary alicyclic amines) is 1. The van der Waals surface area contributed by atoms with Gasteiger partial charge in [0.2, 0.25) is 0 Å². The monoisotopic (exact) mass is 340 g/mol. The van der Waals surface area contributed by atoms with Crippen molar-refractivity contribution in [1.29, 1.82) is 0 Å². The number of para-hydroxylation sites is 1. The minimum absolute atomic E-state index is 0.0158. The third-order valence-corrected chi connectivity index (χ3v) is 5.89. The van der Waals surface area contributed by atoms with Crippen LogP contribution in [0.5, 0.6) is 0 Å². The van der Waals surface area contributed by atoms with Crippen molar-refractivity contribution in [2.45, 2.75) is 50.5 Å². The molecule has 1 aliphatic heterocycles. The highest BCUT2D eigenvalue weighted by molar-refractivity contribution is 6.05. The Hall–Kier alpha value is -1.88. The topological polar surface area (TPSA) is 50.2 Å². The van der Waals surface area contributed by atoms with Gasteiger partial charge in [0.1, 0.15) is 0 Å². The number of aromatic nitrogens is 2. The van der Waals surface area contributed by atoms with Gasteiger partial charge in [-0.25, -0.2) is 0 Å². The van der Waals surface area contributed by atoms with Crippen LogP contribution < -0.4 is 5.32 Å². The molecule has 2 fully saturated rings. The van der Waals surface area contributed by atoms with Crippen molar-refractivity contribution in [2.75, 3.05) is 19.6 Å². The van der Waals surface area contributed by atoms with Gasteiger partial charge in [-0.1, -0.05) is 37.5 Å². The van der Waals surface area contributed by atoms with Crippen LogP contribution in [0.2, 0.25) is 0 Å². The molecule has 5 nitrogen and oxygen atoms in total. The molecule has 0 bridgehead atoms. The zero-order valence-electron chi connectivity index (χ0n) is 15.1. The average Bonchev–Trinajstić information content (AvgIpc) is 3.24. The minimum Gasteiger partial charge on any atom is -0.344 e. The summed E-state index contributed by atoms with van der Waals surface area (Å²) in [5.41, 5.74) is 1.48. The maximum Gasteiger partial charge on any atom is 0.272 e. The number of benzene rings is 1. The van der Waals surface area contributed by atoms with Crippen molar-refractivity contribution in [2.24, 2.45) is 7.05 Å². The van der Waals surface area contributed by atoms with Crippen LogP contribution in [0.4, 0.5) is 0 Å². The van der Waals surface area contributed by atoms with Crippen molar-refractivity contribution in [3.8, 4) is 0 Å². The highest BCUT2D eigenvalue weighted by atomic mass is 16.2. The van der Waals surface area contributed by atoms with Gasteiger partial charge in [0.15, 0.2) is 5.69 Å². The quantitative estimate of drug-likeness (QED) is 0.930. The highest BCUT2D eigenvalue weighted by Gasteiger charge is 2.37. The molecular weight excluding hydrogens is 312 g/mol. The second-order valence-corrected chi connectivity index (χ2v) is 7.77. The van der Waals surface area contributed by atoms with Crippen molar-refractivity contribution >= 4 is 16.8 Å². The second kappa shape index (κ2) is 6.79. The third-order valence-electron chi connectivity index (χ3n) is 5.89. The molecule has 1 amide bonds. The lowest BCUT2D eigenvalue weighted by atomic mass is 9.81. The van der Waals surface area contributed by atoms with Crippen LogP contribution in [0.25, 0.3) is 10.9 Å². The van der Waals surface area contributed by atoms with Gasteiger partial charge < -0.3 is 10.2 Å². The molecule has 1 aromatic carbocycles. The molecule has 1 aromatic heterocycles. The van der Waals surface area contributed by atoms with Crippen molar-refractivity contribution in [3.05, 3.63) is 30.0 Å². The van der Waals surface area contributed by atoms with E-state index < -0.39 is 0 Å². The number of rotatable bonds is 4. The second-order valence-electron chi connectivity index (χ2n) is 7.77. The first-order valence-electron chi connectivity index (χ1n) is 9.64. The minimum atomic E-state index is -0.0850. The Morgan fingerprint density at radius 2 is 1.84 bits per heavy atom. The number of aryl methyl sites for hydroxylation is 1. The Balaban J connectivity index is 1.59. The van der Waals surface area contributed by atoms with Gasteiger partial charge in [0.25, 0.3) is 5.91 Å². The maximum absolute atomic E-state index is 13.1. The number of fused-ring (bicyclic) bond motifs is 1. The SMILES string of the molecule is Cn1nc(C(=O)NC2(CN3CCCC3)CCCCC2)c2ccccc21. The van der Waals surface area contributed by atoms with Crippen LogP contribution >= 0.6 is 0 Å². The number of carbonyl (C=O) groups is 1. The van der Waals surface area contributed by atoms with E-state index in [4.69, 9.17) is 0 Å². The van der Waals surface area contributed by atoms with E-state index in [1.165, 1.54) is 45.2 Å². The normalized spacial score (nSPS) is 20.8. The highest BCUT2D eigenvalue weighted by Crippen LogP contribution is 2.31. The molecule has 1 saturated heterocycles. The smallest absolute Gasteiger partial charge is 0.272 e.